The van der Waals surface area contributed by atoms with Crippen molar-refractivity contribution in [3.05, 3.63) is 57.6 Å². The molecule has 0 radical (unpaired) electrons. The van der Waals surface area contributed by atoms with E-state index < -0.39 is 0 Å². The van der Waals surface area contributed by atoms with E-state index in [1.165, 1.54) is 0 Å². The zero-order valence-corrected chi connectivity index (χ0v) is 18.7. The lowest BCUT2D eigenvalue weighted by atomic mass is 10.4. The van der Waals surface area contributed by atoms with Crippen molar-refractivity contribution in [1.82, 2.24) is 38.5 Å². The minimum Gasteiger partial charge on any atom is -0.308 e. The fourth-order valence-corrected chi connectivity index (χ4v) is 3.23. The van der Waals surface area contributed by atoms with Gasteiger partial charge in [-0.3, -0.25) is 13.7 Å². The predicted octanol–water partition coefficient (Wildman–Crippen LogP) is 1.22. The van der Waals surface area contributed by atoms with E-state index in [-0.39, 0.29) is 18.8 Å². The van der Waals surface area contributed by atoms with Crippen LogP contribution < -0.4 is 11.4 Å². The van der Waals surface area contributed by atoms with Crippen LogP contribution in [0.2, 0.25) is 0 Å². The van der Waals surface area contributed by atoms with Gasteiger partial charge < -0.3 is 14.8 Å². The van der Waals surface area contributed by atoms with Crippen molar-refractivity contribution >= 4 is 22.3 Å². The summed E-state index contributed by atoms with van der Waals surface area (Å²) < 4.78 is 5.02. The third-order valence-electron chi connectivity index (χ3n) is 4.97. The number of rotatable bonds is 6. The van der Waals surface area contributed by atoms with Crippen LogP contribution in [-0.2, 0) is 20.1 Å². The van der Waals surface area contributed by atoms with E-state index in [0.717, 1.165) is 35.4 Å². The van der Waals surface area contributed by atoms with Gasteiger partial charge in [-0.2, -0.15) is 0 Å². The van der Waals surface area contributed by atoms with Crippen LogP contribution in [0.15, 0.2) is 46.2 Å². The molecular formula is C22H34N8O2. The molecule has 0 saturated heterocycles. The Kier molecular flexibility index (Phi) is 8.50. The van der Waals surface area contributed by atoms with Crippen LogP contribution >= 0.6 is 0 Å². The van der Waals surface area contributed by atoms with Crippen LogP contribution in [0.5, 0.6) is 0 Å². The summed E-state index contributed by atoms with van der Waals surface area (Å²) in [7, 11) is 9.71. The topological polar surface area (TPSA) is 97.0 Å². The standard InChI is InChI=1S/C11H16N4O.C10H14N4O.CH4/c1-13(2)7-8-15-10-9(5-4-6-12-10)14(3)11(15)16;1-13(2)6-7-14-9-8(12-10(14)15)4-3-5-11-9;/h4-6H,7-8H2,1-3H3;3-5H,6-7H2,1-2H3,(H,12,15);1H4. The summed E-state index contributed by atoms with van der Waals surface area (Å²) in [5.74, 6) is 0. The molecular weight excluding hydrogens is 408 g/mol. The first-order valence-corrected chi connectivity index (χ1v) is 10.1. The first-order chi connectivity index (χ1) is 14.8. The summed E-state index contributed by atoms with van der Waals surface area (Å²) in [6.45, 7) is 2.97. The summed E-state index contributed by atoms with van der Waals surface area (Å²) >= 11 is 0. The van der Waals surface area contributed by atoms with Crippen molar-refractivity contribution in [2.45, 2.75) is 20.5 Å². The molecule has 4 aromatic rings. The number of aryl methyl sites for hydroxylation is 1. The lowest BCUT2D eigenvalue weighted by Crippen LogP contribution is -2.27. The average Bonchev–Trinajstić information content (AvgIpc) is 3.19. The van der Waals surface area contributed by atoms with Gasteiger partial charge in [0.25, 0.3) is 0 Å². The van der Waals surface area contributed by atoms with Gasteiger partial charge in [0.2, 0.25) is 0 Å². The van der Waals surface area contributed by atoms with Crippen molar-refractivity contribution in [3.8, 4) is 0 Å². The minimum atomic E-state index is -0.0921. The van der Waals surface area contributed by atoms with E-state index in [1.807, 2.05) is 62.3 Å². The molecule has 0 amide bonds. The number of H-pyrrole nitrogens is 1. The molecule has 4 rings (SSSR count). The minimum absolute atomic E-state index is 0. The van der Waals surface area contributed by atoms with E-state index in [4.69, 9.17) is 0 Å². The molecule has 32 heavy (non-hydrogen) atoms. The quantitative estimate of drug-likeness (QED) is 0.482. The van der Waals surface area contributed by atoms with Crippen LogP contribution in [0.4, 0.5) is 0 Å². The summed E-state index contributed by atoms with van der Waals surface area (Å²) in [4.78, 5) is 38.9. The van der Waals surface area contributed by atoms with E-state index in [0.29, 0.717) is 13.1 Å². The zero-order chi connectivity index (χ0) is 22.5. The Morgan fingerprint density at radius 1 is 0.875 bits per heavy atom. The molecule has 0 aromatic carbocycles. The summed E-state index contributed by atoms with van der Waals surface area (Å²) in [5.41, 5.74) is 3.06. The molecule has 0 unspecified atom stereocenters. The number of aromatic amines is 1. The summed E-state index contributed by atoms with van der Waals surface area (Å²) in [5, 5.41) is 0. The molecule has 10 heteroatoms. The molecule has 1 N–H and O–H groups in total. The first-order valence-electron chi connectivity index (χ1n) is 10.1. The Labute approximate surface area is 187 Å². The van der Waals surface area contributed by atoms with Gasteiger partial charge in [-0.15, -0.1) is 0 Å². The first kappa shape index (κ1) is 25.0. The van der Waals surface area contributed by atoms with Crippen molar-refractivity contribution in [2.24, 2.45) is 7.05 Å². The van der Waals surface area contributed by atoms with Crippen molar-refractivity contribution < 1.29 is 0 Å². The number of likely N-dealkylation sites (N-methyl/N-ethyl adjacent to an activating group) is 2. The highest BCUT2D eigenvalue weighted by Crippen LogP contribution is 2.08. The molecule has 0 saturated carbocycles. The average molecular weight is 443 g/mol. The van der Waals surface area contributed by atoms with Gasteiger partial charge in [-0.05, 0) is 52.5 Å². The Morgan fingerprint density at radius 2 is 1.44 bits per heavy atom. The third-order valence-corrected chi connectivity index (χ3v) is 4.97. The number of pyridine rings is 2. The number of nitrogens with one attached hydrogen (secondary N) is 1. The summed E-state index contributed by atoms with van der Waals surface area (Å²) in [6.07, 6.45) is 3.41. The highest BCUT2D eigenvalue weighted by Gasteiger charge is 2.10. The Hall–Kier alpha value is -3.24. The van der Waals surface area contributed by atoms with Crippen molar-refractivity contribution in [2.75, 3.05) is 41.3 Å². The Balaban J connectivity index is 0.000000220. The second kappa shape index (κ2) is 10.9. The number of nitrogens with zero attached hydrogens (tertiary/aromatic N) is 7. The number of imidazole rings is 2. The fourth-order valence-electron chi connectivity index (χ4n) is 3.23. The molecule has 0 fully saturated rings. The predicted molar refractivity (Wildman–Crippen MR) is 129 cm³/mol. The molecule has 0 aliphatic rings. The normalized spacial score (nSPS) is 11.1. The molecule has 4 aromatic heterocycles. The smallest absolute Gasteiger partial charge is 0.308 e. The van der Waals surface area contributed by atoms with E-state index >= 15 is 0 Å². The molecule has 0 aliphatic heterocycles. The van der Waals surface area contributed by atoms with Gasteiger partial charge >= 0.3 is 11.4 Å². The Morgan fingerprint density at radius 3 is 2.06 bits per heavy atom. The summed E-state index contributed by atoms with van der Waals surface area (Å²) in [6, 6.07) is 7.43. The van der Waals surface area contributed by atoms with Crippen LogP contribution in [0.1, 0.15) is 7.43 Å². The molecule has 4 heterocycles. The van der Waals surface area contributed by atoms with Crippen LogP contribution in [0.25, 0.3) is 22.3 Å². The Bertz CT molecular complexity index is 1260. The number of fused-ring (bicyclic) bond motifs is 2. The maximum atomic E-state index is 12.0. The lowest BCUT2D eigenvalue weighted by Gasteiger charge is -2.09. The molecule has 0 spiro atoms. The van der Waals surface area contributed by atoms with Gasteiger partial charge in [0.1, 0.15) is 0 Å². The highest BCUT2D eigenvalue weighted by atomic mass is 16.2. The van der Waals surface area contributed by atoms with E-state index in [1.54, 1.807) is 33.1 Å². The second-order valence-corrected chi connectivity index (χ2v) is 7.90. The largest absolute Gasteiger partial charge is 0.330 e. The van der Waals surface area contributed by atoms with Crippen molar-refractivity contribution in [3.63, 3.8) is 0 Å². The maximum Gasteiger partial charge on any atom is 0.330 e. The van der Waals surface area contributed by atoms with Gasteiger partial charge in [0, 0.05) is 45.6 Å². The number of hydrogen-bond donors (Lipinski definition) is 1. The molecule has 174 valence electrons. The fraction of sp³-hybridized carbons (Fsp3) is 0.455. The van der Waals surface area contributed by atoms with Gasteiger partial charge in [-0.25, -0.2) is 19.6 Å². The lowest BCUT2D eigenvalue weighted by molar-refractivity contribution is 0.382. The highest BCUT2D eigenvalue weighted by molar-refractivity contribution is 5.71. The monoisotopic (exact) mass is 442 g/mol. The second-order valence-electron chi connectivity index (χ2n) is 7.90. The zero-order valence-electron chi connectivity index (χ0n) is 18.7. The van der Waals surface area contributed by atoms with Gasteiger partial charge in [0.15, 0.2) is 11.3 Å². The maximum absolute atomic E-state index is 12.0. The SMILES string of the molecule is C.CN(C)CCn1c(=O)[nH]c2cccnc21.CN(C)CCn1c(=O)n(C)c2cccnc21. The molecule has 0 bridgehead atoms. The molecule has 0 atom stereocenters. The third kappa shape index (κ3) is 5.51. The molecule has 0 aliphatic carbocycles. The van der Waals surface area contributed by atoms with E-state index in [9.17, 15) is 9.59 Å². The van der Waals surface area contributed by atoms with E-state index in [2.05, 4.69) is 15.0 Å². The van der Waals surface area contributed by atoms with Gasteiger partial charge in [-0.1, -0.05) is 7.43 Å². The van der Waals surface area contributed by atoms with Gasteiger partial charge in [0.05, 0.1) is 11.0 Å². The number of aromatic nitrogens is 6. The number of hydrogen-bond acceptors (Lipinski definition) is 6. The van der Waals surface area contributed by atoms with Crippen LogP contribution in [0.3, 0.4) is 0 Å². The van der Waals surface area contributed by atoms with Crippen LogP contribution in [-0.4, -0.2) is 79.7 Å². The molecule has 10 nitrogen and oxygen atoms in total. The van der Waals surface area contributed by atoms with Crippen molar-refractivity contribution in [1.29, 1.82) is 0 Å². The van der Waals surface area contributed by atoms with Crippen LogP contribution in [0, 0.1) is 0 Å².